The SMILES string of the molecule is C=C(C=O)CO.CCCCCC1CCC(C2CCC(/C=C/C3CCC(c4ccc(O)cc4)CC3)CC2)CC1. The van der Waals surface area contributed by atoms with Crippen LogP contribution in [0.25, 0.3) is 0 Å². The fraction of sp³-hybridized carbons (Fsp3) is 0.686. The van der Waals surface area contributed by atoms with Crippen LogP contribution >= 0.6 is 0 Å². The van der Waals surface area contributed by atoms with E-state index >= 15 is 0 Å². The van der Waals surface area contributed by atoms with Crippen molar-refractivity contribution < 1.29 is 15.0 Å². The lowest BCUT2D eigenvalue weighted by Crippen LogP contribution is -2.25. The van der Waals surface area contributed by atoms with E-state index in [1.54, 1.807) is 0 Å². The number of benzene rings is 1. The fourth-order valence-corrected chi connectivity index (χ4v) is 7.18. The Hall–Kier alpha value is -1.87. The Morgan fingerprint density at radius 2 is 1.34 bits per heavy atom. The first-order valence-corrected chi connectivity index (χ1v) is 15.7. The van der Waals surface area contributed by atoms with Crippen LogP contribution in [0.1, 0.15) is 121 Å². The number of unbranched alkanes of at least 4 members (excludes halogenated alkanes) is 2. The second-order valence-electron chi connectivity index (χ2n) is 12.5. The lowest BCUT2D eigenvalue weighted by atomic mass is 9.68. The number of carbonyl (C=O) groups excluding carboxylic acids is 1. The van der Waals surface area contributed by atoms with Gasteiger partial charge >= 0.3 is 0 Å². The van der Waals surface area contributed by atoms with Gasteiger partial charge in [0.05, 0.1) is 6.61 Å². The number of hydrogen-bond acceptors (Lipinski definition) is 3. The quantitative estimate of drug-likeness (QED) is 0.139. The van der Waals surface area contributed by atoms with Crippen LogP contribution in [0.2, 0.25) is 0 Å². The van der Waals surface area contributed by atoms with Gasteiger partial charge in [0.2, 0.25) is 0 Å². The van der Waals surface area contributed by atoms with Crippen molar-refractivity contribution in [3.05, 3.63) is 54.1 Å². The van der Waals surface area contributed by atoms with Crippen LogP contribution < -0.4 is 0 Å². The number of aliphatic hydroxyl groups is 1. The van der Waals surface area contributed by atoms with E-state index in [-0.39, 0.29) is 12.2 Å². The molecule has 0 amide bonds. The van der Waals surface area contributed by atoms with E-state index in [0.29, 0.717) is 18.0 Å². The van der Waals surface area contributed by atoms with E-state index in [9.17, 15) is 9.90 Å². The van der Waals surface area contributed by atoms with Gasteiger partial charge in [0.25, 0.3) is 0 Å². The maximum Gasteiger partial charge on any atom is 0.147 e. The number of aldehydes is 1. The van der Waals surface area contributed by atoms with Gasteiger partial charge in [-0.05, 0) is 117 Å². The minimum Gasteiger partial charge on any atom is -0.508 e. The second kappa shape index (κ2) is 17.0. The molecule has 0 saturated heterocycles. The summed E-state index contributed by atoms with van der Waals surface area (Å²) in [6, 6.07) is 7.93. The summed E-state index contributed by atoms with van der Waals surface area (Å²) in [7, 11) is 0. The van der Waals surface area contributed by atoms with Crippen molar-refractivity contribution in [2.45, 2.75) is 116 Å². The Bertz CT molecular complexity index is 817. The maximum atomic E-state index is 9.52. The molecule has 38 heavy (non-hydrogen) atoms. The number of hydrogen-bond donors (Lipinski definition) is 2. The van der Waals surface area contributed by atoms with E-state index in [1.165, 1.54) is 108 Å². The minimum atomic E-state index is -0.233. The van der Waals surface area contributed by atoms with Gasteiger partial charge in [-0.2, -0.15) is 0 Å². The van der Waals surface area contributed by atoms with Crippen molar-refractivity contribution >= 4 is 6.29 Å². The van der Waals surface area contributed by atoms with E-state index in [0.717, 1.165) is 29.6 Å². The monoisotopic (exact) mass is 522 g/mol. The Morgan fingerprint density at radius 3 is 1.82 bits per heavy atom. The number of aromatic hydroxyl groups is 1. The first-order valence-electron chi connectivity index (χ1n) is 15.7. The zero-order valence-corrected chi connectivity index (χ0v) is 24.0. The average Bonchev–Trinajstić information content (AvgIpc) is 2.97. The molecule has 3 nitrogen and oxygen atoms in total. The molecule has 3 saturated carbocycles. The van der Waals surface area contributed by atoms with Gasteiger partial charge in [-0.25, -0.2) is 0 Å². The summed E-state index contributed by atoms with van der Waals surface area (Å²) < 4.78 is 0. The molecule has 0 heterocycles. The van der Waals surface area contributed by atoms with E-state index in [1.807, 2.05) is 12.1 Å². The summed E-state index contributed by atoms with van der Waals surface area (Å²) >= 11 is 0. The van der Waals surface area contributed by atoms with Crippen LogP contribution in [0.5, 0.6) is 5.75 Å². The number of rotatable bonds is 10. The van der Waals surface area contributed by atoms with E-state index in [4.69, 9.17) is 5.11 Å². The molecule has 3 aliphatic rings. The van der Waals surface area contributed by atoms with Crippen molar-refractivity contribution in [1.29, 1.82) is 0 Å². The van der Waals surface area contributed by atoms with Crippen LogP contribution in [-0.2, 0) is 4.79 Å². The molecule has 3 fully saturated rings. The molecule has 2 N–H and O–H groups in total. The third kappa shape index (κ3) is 10.4. The van der Waals surface area contributed by atoms with Crippen LogP contribution in [-0.4, -0.2) is 23.1 Å². The third-order valence-corrected chi connectivity index (χ3v) is 9.75. The normalized spacial score (nSPS) is 29.8. The predicted molar refractivity (Wildman–Crippen MR) is 159 cm³/mol. The smallest absolute Gasteiger partial charge is 0.147 e. The van der Waals surface area contributed by atoms with Gasteiger partial charge in [-0.1, -0.05) is 76.3 Å². The van der Waals surface area contributed by atoms with Crippen LogP contribution in [0.4, 0.5) is 0 Å². The lowest BCUT2D eigenvalue weighted by Gasteiger charge is -2.37. The van der Waals surface area contributed by atoms with Crippen molar-refractivity contribution in [3.8, 4) is 5.75 Å². The molecule has 1 aromatic rings. The van der Waals surface area contributed by atoms with Crippen molar-refractivity contribution in [2.24, 2.45) is 29.6 Å². The number of phenols is 1. The van der Waals surface area contributed by atoms with Crippen molar-refractivity contribution in [3.63, 3.8) is 0 Å². The van der Waals surface area contributed by atoms with Crippen LogP contribution in [0.3, 0.4) is 0 Å². The zero-order chi connectivity index (χ0) is 27.2. The average molecular weight is 523 g/mol. The van der Waals surface area contributed by atoms with Gasteiger partial charge in [-0.3, -0.25) is 4.79 Å². The summed E-state index contributed by atoms with van der Waals surface area (Å²) in [6.45, 7) is 5.27. The van der Waals surface area contributed by atoms with E-state index < -0.39 is 0 Å². The molecule has 0 aromatic heterocycles. The summed E-state index contributed by atoms with van der Waals surface area (Å²) in [4.78, 5) is 9.48. The van der Waals surface area contributed by atoms with Gasteiger partial charge in [0, 0.05) is 5.57 Å². The van der Waals surface area contributed by atoms with Crippen molar-refractivity contribution in [1.82, 2.24) is 0 Å². The first kappa shape index (κ1) is 30.7. The first-order chi connectivity index (χ1) is 18.5. The number of carbonyl (C=O) groups is 1. The zero-order valence-electron chi connectivity index (χ0n) is 24.0. The molecular weight excluding hydrogens is 468 g/mol. The number of allylic oxidation sites excluding steroid dienone is 2. The molecule has 1 aromatic carbocycles. The highest BCUT2D eigenvalue weighted by Gasteiger charge is 2.30. The summed E-state index contributed by atoms with van der Waals surface area (Å²) in [5.74, 6) is 5.87. The van der Waals surface area contributed by atoms with Gasteiger partial charge in [0.15, 0.2) is 0 Å². The van der Waals surface area contributed by atoms with Crippen LogP contribution in [0, 0.1) is 29.6 Å². The number of phenolic OH excluding ortho intramolecular Hbond substituents is 1. The summed E-state index contributed by atoms with van der Waals surface area (Å²) in [5, 5.41) is 17.5. The Balaban J connectivity index is 0.000000599. The molecule has 0 radical (unpaired) electrons. The third-order valence-electron chi connectivity index (χ3n) is 9.75. The summed E-state index contributed by atoms with van der Waals surface area (Å²) in [6.07, 6.45) is 28.8. The molecule has 0 spiro atoms. The highest BCUT2D eigenvalue weighted by Crippen LogP contribution is 2.43. The highest BCUT2D eigenvalue weighted by atomic mass is 16.3. The lowest BCUT2D eigenvalue weighted by molar-refractivity contribution is -0.105. The largest absolute Gasteiger partial charge is 0.508 e. The molecule has 3 heteroatoms. The Morgan fingerprint density at radius 1 is 0.816 bits per heavy atom. The topological polar surface area (TPSA) is 57.5 Å². The standard InChI is InChI=1S/C31H48O.C4H6O2/c1-2-3-4-5-24-8-14-27(15-9-24)28-16-10-25(11-17-28)6-7-26-12-18-29(19-13-26)30-20-22-31(32)23-21-30;1-4(2-5)3-6/h6-7,20-29,32H,2-5,8-19H2,1H3;2,6H,1,3H2/b7-6+;. The molecule has 0 atom stereocenters. The predicted octanol–water partition coefficient (Wildman–Crippen LogP) is 9.15. The van der Waals surface area contributed by atoms with Crippen LogP contribution in [0.15, 0.2) is 48.6 Å². The van der Waals surface area contributed by atoms with Crippen molar-refractivity contribution in [2.75, 3.05) is 6.61 Å². The highest BCUT2D eigenvalue weighted by molar-refractivity contribution is 5.72. The fourth-order valence-electron chi connectivity index (χ4n) is 7.18. The maximum absolute atomic E-state index is 9.52. The molecule has 0 aliphatic heterocycles. The van der Waals surface area contributed by atoms with E-state index in [2.05, 4.69) is 37.8 Å². The van der Waals surface area contributed by atoms with Gasteiger partial charge in [0.1, 0.15) is 12.0 Å². The molecular formula is C35H54O3. The molecule has 0 unspecified atom stereocenters. The molecule has 3 aliphatic carbocycles. The Labute approximate surface area is 232 Å². The summed E-state index contributed by atoms with van der Waals surface area (Å²) in [5.41, 5.74) is 1.63. The molecule has 212 valence electrons. The second-order valence-corrected chi connectivity index (χ2v) is 12.5. The molecule has 4 rings (SSSR count). The molecule has 0 bridgehead atoms. The van der Waals surface area contributed by atoms with Gasteiger partial charge < -0.3 is 10.2 Å². The Kier molecular flexibility index (Phi) is 13.7. The van der Waals surface area contributed by atoms with Gasteiger partial charge in [-0.15, -0.1) is 0 Å². The minimum absolute atomic E-state index is 0.218. The number of aliphatic hydroxyl groups excluding tert-OH is 1.